The molecule has 1 aliphatic rings. The van der Waals surface area contributed by atoms with Gasteiger partial charge in [0.2, 0.25) is 23.6 Å². The van der Waals surface area contributed by atoms with Gasteiger partial charge < -0.3 is 15.4 Å². The molecule has 2 N–H and O–H groups in total. The van der Waals surface area contributed by atoms with Gasteiger partial charge in [0.1, 0.15) is 6.54 Å². The Balaban J connectivity index is 2.62. The summed E-state index contributed by atoms with van der Waals surface area (Å²) in [6.07, 6.45) is 2.80. The van der Waals surface area contributed by atoms with E-state index in [2.05, 4.69) is 29.7 Å². The molecule has 1 saturated heterocycles. The smallest absolute Gasteiger partial charge is 0.242 e. The van der Waals surface area contributed by atoms with Crippen molar-refractivity contribution in [3.05, 3.63) is 4.91 Å². The highest BCUT2D eigenvalue weighted by Crippen LogP contribution is 2.27. The minimum atomic E-state index is -0.838. The Kier molecular flexibility index (Phi) is 13.8. The summed E-state index contributed by atoms with van der Waals surface area (Å²) in [6.45, 7) is 14.5. The standard InChI is InChI=1S/C26H46N4O6S/c1-8-12-27-21(31)10-13-30-22(32)14-20(23(30)33)37-16-19(15-28-35)29-24(34)25(4,5)17-36-26(6,7)11-9-18(2)3/h18-20H,8-17H2,1-7H3,(H,27,31)(H,29,34). The highest BCUT2D eigenvalue weighted by Gasteiger charge is 2.39. The van der Waals surface area contributed by atoms with E-state index in [1.807, 2.05) is 20.8 Å². The lowest BCUT2D eigenvalue weighted by Crippen LogP contribution is -2.48. The predicted molar refractivity (Wildman–Crippen MR) is 146 cm³/mol. The quantitative estimate of drug-likeness (QED) is 0.200. The van der Waals surface area contributed by atoms with Crippen LogP contribution >= 0.6 is 11.8 Å². The summed E-state index contributed by atoms with van der Waals surface area (Å²) in [6, 6.07) is -0.583. The Labute approximate surface area is 225 Å². The first-order chi connectivity index (χ1) is 17.2. The molecule has 212 valence electrons. The van der Waals surface area contributed by atoms with Crippen LogP contribution in [0.25, 0.3) is 0 Å². The Hall–Kier alpha value is -2.01. The molecule has 2 unspecified atom stereocenters. The van der Waals surface area contributed by atoms with Crippen molar-refractivity contribution in [2.45, 2.75) is 97.5 Å². The number of carbonyl (C=O) groups is 4. The van der Waals surface area contributed by atoms with Gasteiger partial charge in [-0.25, -0.2) is 0 Å². The van der Waals surface area contributed by atoms with Gasteiger partial charge in [-0.1, -0.05) is 25.9 Å². The number of nitrogens with one attached hydrogen (secondary N) is 2. The number of amides is 4. The Morgan fingerprint density at radius 2 is 1.89 bits per heavy atom. The van der Waals surface area contributed by atoms with E-state index in [0.29, 0.717) is 12.5 Å². The molecule has 0 aromatic heterocycles. The highest BCUT2D eigenvalue weighted by molar-refractivity contribution is 8.00. The number of nitroso groups, excluding NO2 is 1. The molecule has 0 bridgehead atoms. The monoisotopic (exact) mass is 542 g/mol. The maximum absolute atomic E-state index is 13.0. The zero-order chi connectivity index (χ0) is 28.2. The average molecular weight is 543 g/mol. The molecule has 0 spiro atoms. The summed E-state index contributed by atoms with van der Waals surface area (Å²) in [4.78, 5) is 62.1. The maximum atomic E-state index is 13.0. The number of hydrogen-bond acceptors (Lipinski definition) is 8. The third-order valence-electron chi connectivity index (χ3n) is 6.23. The molecule has 10 nitrogen and oxygen atoms in total. The van der Waals surface area contributed by atoms with Crippen LogP contribution in [0.3, 0.4) is 0 Å². The lowest BCUT2D eigenvalue weighted by molar-refractivity contribution is -0.139. The Morgan fingerprint density at radius 1 is 1.22 bits per heavy atom. The maximum Gasteiger partial charge on any atom is 0.242 e. The van der Waals surface area contributed by atoms with Crippen LogP contribution in [-0.4, -0.2) is 77.4 Å². The van der Waals surface area contributed by atoms with Gasteiger partial charge in [0.25, 0.3) is 0 Å². The minimum absolute atomic E-state index is 0.0278. The van der Waals surface area contributed by atoms with Crippen molar-refractivity contribution < 1.29 is 23.9 Å². The largest absolute Gasteiger partial charge is 0.374 e. The molecule has 0 saturated carbocycles. The molecule has 1 heterocycles. The Bertz CT molecular complexity index is 802. The summed E-state index contributed by atoms with van der Waals surface area (Å²) in [5, 5.41) is 7.93. The first-order valence-electron chi connectivity index (χ1n) is 13.2. The molecule has 1 fully saturated rings. The Morgan fingerprint density at radius 3 is 2.49 bits per heavy atom. The van der Waals surface area contributed by atoms with Crippen molar-refractivity contribution in [2.75, 3.05) is 32.0 Å². The van der Waals surface area contributed by atoms with Crippen LogP contribution < -0.4 is 10.6 Å². The van der Waals surface area contributed by atoms with E-state index < -0.39 is 16.7 Å². The topological polar surface area (TPSA) is 134 Å². The van der Waals surface area contributed by atoms with Crippen LogP contribution in [0.15, 0.2) is 5.18 Å². The molecule has 0 aromatic carbocycles. The zero-order valence-corrected chi connectivity index (χ0v) is 24.4. The molecule has 0 radical (unpaired) electrons. The number of likely N-dealkylation sites (tertiary alicyclic amines) is 1. The lowest BCUT2D eigenvalue weighted by Gasteiger charge is -2.32. The summed E-state index contributed by atoms with van der Waals surface area (Å²) in [7, 11) is 0. The molecule has 1 aliphatic heterocycles. The van der Waals surface area contributed by atoms with Crippen molar-refractivity contribution >= 4 is 35.4 Å². The van der Waals surface area contributed by atoms with Gasteiger partial charge in [0, 0.05) is 31.7 Å². The van der Waals surface area contributed by atoms with Crippen LogP contribution in [0.5, 0.6) is 0 Å². The third-order valence-corrected chi connectivity index (χ3v) is 7.59. The van der Waals surface area contributed by atoms with Crippen LogP contribution in [-0.2, 0) is 23.9 Å². The average Bonchev–Trinajstić information content (AvgIpc) is 3.09. The van der Waals surface area contributed by atoms with Gasteiger partial charge in [0.05, 0.1) is 28.9 Å². The minimum Gasteiger partial charge on any atom is -0.374 e. The van der Waals surface area contributed by atoms with Gasteiger partial charge in [-0.3, -0.25) is 24.1 Å². The summed E-state index contributed by atoms with van der Waals surface area (Å²) >= 11 is 1.22. The van der Waals surface area contributed by atoms with Crippen molar-refractivity contribution in [3.63, 3.8) is 0 Å². The van der Waals surface area contributed by atoms with Gasteiger partial charge >= 0.3 is 0 Å². The van der Waals surface area contributed by atoms with E-state index in [0.717, 1.165) is 24.2 Å². The molecule has 4 amide bonds. The zero-order valence-electron chi connectivity index (χ0n) is 23.6. The van der Waals surface area contributed by atoms with Crippen molar-refractivity contribution in [2.24, 2.45) is 16.5 Å². The normalized spacial score (nSPS) is 17.3. The lowest BCUT2D eigenvalue weighted by atomic mass is 9.91. The van der Waals surface area contributed by atoms with E-state index in [4.69, 9.17) is 4.74 Å². The first kappa shape index (κ1) is 33.0. The fraction of sp³-hybridized carbons (Fsp3) is 0.846. The summed E-state index contributed by atoms with van der Waals surface area (Å²) in [5.74, 6) is -0.322. The number of ether oxygens (including phenoxy) is 1. The second-order valence-corrected chi connectivity index (χ2v) is 12.6. The SMILES string of the molecule is CCCNC(=O)CCN1C(=O)CC(SCC(CN=O)NC(=O)C(C)(C)COC(C)(C)CCC(C)C)C1=O. The third kappa shape index (κ3) is 11.9. The molecular weight excluding hydrogens is 496 g/mol. The molecule has 0 aliphatic carbocycles. The fourth-order valence-electron chi connectivity index (χ4n) is 3.58. The van der Waals surface area contributed by atoms with Crippen LogP contribution in [0.1, 0.15) is 80.6 Å². The molecule has 2 atom stereocenters. The van der Waals surface area contributed by atoms with E-state index in [9.17, 15) is 24.1 Å². The van der Waals surface area contributed by atoms with Gasteiger partial charge in [0.15, 0.2) is 0 Å². The van der Waals surface area contributed by atoms with Crippen molar-refractivity contribution in [1.29, 1.82) is 0 Å². The number of thioether (sulfide) groups is 1. The van der Waals surface area contributed by atoms with E-state index in [1.54, 1.807) is 13.8 Å². The van der Waals surface area contributed by atoms with Gasteiger partial charge in [-0.15, -0.1) is 11.8 Å². The first-order valence-corrected chi connectivity index (χ1v) is 14.2. The van der Waals surface area contributed by atoms with Crippen molar-refractivity contribution in [3.8, 4) is 0 Å². The fourth-order valence-corrected chi connectivity index (χ4v) is 4.76. The van der Waals surface area contributed by atoms with Gasteiger partial charge in [-0.05, 0) is 52.9 Å². The van der Waals surface area contributed by atoms with E-state index in [-0.39, 0.29) is 67.5 Å². The second-order valence-electron chi connectivity index (χ2n) is 11.4. The summed E-state index contributed by atoms with van der Waals surface area (Å²) < 4.78 is 6.08. The number of nitrogens with zero attached hydrogens (tertiary/aromatic N) is 2. The van der Waals surface area contributed by atoms with Crippen LogP contribution in [0.2, 0.25) is 0 Å². The molecule has 37 heavy (non-hydrogen) atoms. The number of hydrogen-bond donors (Lipinski definition) is 2. The highest BCUT2D eigenvalue weighted by atomic mass is 32.2. The molecule has 0 aromatic rings. The van der Waals surface area contributed by atoms with Crippen LogP contribution in [0.4, 0.5) is 0 Å². The van der Waals surface area contributed by atoms with Crippen molar-refractivity contribution in [1.82, 2.24) is 15.5 Å². The number of imide groups is 1. The number of carbonyl (C=O) groups excluding carboxylic acids is 4. The van der Waals surface area contributed by atoms with Gasteiger partial charge in [-0.2, -0.15) is 4.91 Å². The number of rotatable bonds is 18. The summed E-state index contributed by atoms with van der Waals surface area (Å²) in [5.41, 5.74) is -1.20. The molecule has 1 rings (SSSR count). The molecule has 11 heteroatoms. The predicted octanol–water partition coefficient (Wildman–Crippen LogP) is 3.27. The van der Waals surface area contributed by atoms with E-state index in [1.165, 1.54) is 11.8 Å². The van der Waals surface area contributed by atoms with E-state index >= 15 is 0 Å². The molecular formula is C26H46N4O6S. The second kappa shape index (κ2) is 15.4. The van der Waals surface area contributed by atoms with Crippen LogP contribution in [0, 0.1) is 16.2 Å².